The Kier molecular flexibility index (Phi) is 9.46. The second-order valence-corrected chi connectivity index (χ2v) is 13.3. The Morgan fingerprint density at radius 3 is 2.41 bits per heavy atom. The van der Waals surface area contributed by atoms with Crippen molar-refractivity contribution in [2.45, 2.75) is 26.5 Å². The van der Waals surface area contributed by atoms with Gasteiger partial charge in [-0.05, 0) is 118 Å². The monoisotopic (exact) mass is 858 g/mol. The fourth-order valence-corrected chi connectivity index (χ4v) is 7.88. The van der Waals surface area contributed by atoms with Crippen LogP contribution in [0.15, 0.2) is 86.2 Å². The number of ether oxygens (including phenoxy) is 2. The molecule has 0 saturated carbocycles. The smallest absolute Gasteiger partial charge is 0.338 e. The van der Waals surface area contributed by atoms with E-state index in [0.717, 1.165) is 28.5 Å². The Morgan fingerprint density at radius 1 is 1.12 bits per heavy atom. The zero-order valence-corrected chi connectivity index (χ0v) is 28.5. The van der Waals surface area contributed by atoms with Crippen LogP contribution in [-0.4, -0.2) is 17.1 Å². The largest absolute Gasteiger partial charge is 0.487 e. The van der Waals surface area contributed by atoms with E-state index in [-0.39, 0.29) is 17.7 Å². The van der Waals surface area contributed by atoms with Crippen LogP contribution >= 0.6 is 72.4 Å². The molecule has 0 unspecified atom stereocenters. The number of carbonyl (C=O) groups excluding carboxylic acids is 1. The maximum absolute atomic E-state index is 13.8. The number of carbonyl (C=O) groups is 1. The average molecular weight is 859 g/mol. The van der Waals surface area contributed by atoms with Crippen LogP contribution in [0.2, 0.25) is 0 Å². The number of allylic oxidation sites excluding steroid dienone is 1. The van der Waals surface area contributed by atoms with Gasteiger partial charge < -0.3 is 9.47 Å². The normalized spacial score (nSPS) is 15.0. The van der Waals surface area contributed by atoms with Gasteiger partial charge in [0.1, 0.15) is 18.2 Å². The molecule has 1 aliphatic rings. The number of nitrogens with zero attached hydrogens (tertiary/aromatic N) is 2. The summed E-state index contributed by atoms with van der Waals surface area (Å²) in [4.78, 5) is 31.9. The van der Waals surface area contributed by atoms with E-state index in [4.69, 9.17) is 9.47 Å². The molecule has 4 aromatic rings. The molecule has 5 rings (SSSR count). The van der Waals surface area contributed by atoms with E-state index in [1.54, 1.807) is 26.0 Å². The summed E-state index contributed by atoms with van der Waals surface area (Å²) < 4.78 is 30.0. The van der Waals surface area contributed by atoms with Crippen LogP contribution in [0, 0.1) is 13.0 Å². The molecular formula is C30H22BrFI2N2O4S. The van der Waals surface area contributed by atoms with Crippen LogP contribution in [-0.2, 0) is 16.1 Å². The lowest BCUT2D eigenvalue weighted by Gasteiger charge is -2.24. The lowest BCUT2D eigenvalue weighted by Crippen LogP contribution is -2.39. The van der Waals surface area contributed by atoms with Gasteiger partial charge in [0.05, 0.1) is 35.6 Å². The fraction of sp³-hybridized carbons (Fsp3) is 0.167. The maximum atomic E-state index is 13.8. The first kappa shape index (κ1) is 30.1. The Bertz CT molecular complexity index is 1830. The third kappa shape index (κ3) is 6.52. The van der Waals surface area contributed by atoms with Gasteiger partial charge in [0.25, 0.3) is 5.56 Å². The van der Waals surface area contributed by atoms with Crippen molar-refractivity contribution in [3.63, 3.8) is 0 Å². The lowest BCUT2D eigenvalue weighted by molar-refractivity contribution is -0.139. The Balaban J connectivity index is 1.54. The van der Waals surface area contributed by atoms with E-state index in [1.807, 2.05) is 42.5 Å². The molecule has 41 heavy (non-hydrogen) atoms. The summed E-state index contributed by atoms with van der Waals surface area (Å²) in [6, 6.07) is 16.9. The first-order chi connectivity index (χ1) is 19.7. The number of benzene rings is 3. The van der Waals surface area contributed by atoms with Gasteiger partial charge in [-0.25, -0.2) is 14.2 Å². The van der Waals surface area contributed by atoms with Crippen LogP contribution < -0.4 is 19.6 Å². The van der Waals surface area contributed by atoms with Crippen molar-refractivity contribution in [1.82, 2.24) is 4.57 Å². The Labute approximate surface area is 275 Å². The van der Waals surface area contributed by atoms with Gasteiger partial charge in [0.2, 0.25) is 0 Å². The molecule has 1 atom stereocenters. The lowest BCUT2D eigenvalue weighted by atomic mass is 9.96. The van der Waals surface area contributed by atoms with Gasteiger partial charge in [-0.2, -0.15) is 0 Å². The predicted octanol–water partition coefficient (Wildman–Crippen LogP) is 6.49. The van der Waals surface area contributed by atoms with E-state index in [9.17, 15) is 14.0 Å². The number of aromatic nitrogens is 1. The van der Waals surface area contributed by atoms with Crippen molar-refractivity contribution in [3.8, 4) is 5.75 Å². The van der Waals surface area contributed by atoms with Gasteiger partial charge in [-0.15, -0.1) is 0 Å². The van der Waals surface area contributed by atoms with E-state index in [1.165, 1.54) is 28.0 Å². The van der Waals surface area contributed by atoms with E-state index in [0.29, 0.717) is 27.2 Å². The van der Waals surface area contributed by atoms with Crippen LogP contribution in [0.1, 0.15) is 36.6 Å². The topological polar surface area (TPSA) is 69.9 Å². The minimum atomic E-state index is -0.789. The SMILES string of the molecule is CCOC(=O)C1=C(C)N=c2s/c(=C\c3cc(I)c(OCc4ccc(Br)cc4)c(I)c3)c(=O)n2[C@H]1c1ccc(F)cc1. The summed E-state index contributed by atoms with van der Waals surface area (Å²) in [6.45, 7) is 4.05. The van der Waals surface area contributed by atoms with Crippen molar-refractivity contribution < 1.29 is 18.7 Å². The molecule has 2 heterocycles. The third-order valence-corrected chi connectivity index (χ3v) is 9.43. The summed E-state index contributed by atoms with van der Waals surface area (Å²) in [5.41, 5.74) is 2.90. The van der Waals surface area contributed by atoms with Crippen molar-refractivity contribution >= 4 is 84.5 Å². The number of fused-ring (bicyclic) bond motifs is 1. The van der Waals surface area contributed by atoms with Crippen LogP contribution in [0.3, 0.4) is 0 Å². The molecule has 0 radical (unpaired) electrons. The molecule has 0 bridgehead atoms. The van der Waals surface area contributed by atoms with Gasteiger partial charge in [-0.1, -0.05) is 51.5 Å². The van der Waals surface area contributed by atoms with Gasteiger partial charge in [-0.3, -0.25) is 9.36 Å². The molecule has 0 saturated heterocycles. The summed E-state index contributed by atoms with van der Waals surface area (Å²) in [5, 5.41) is 0. The van der Waals surface area contributed by atoms with Gasteiger partial charge in [0.15, 0.2) is 4.80 Å². The molecule has 0 fully saturated rings. The molecule has 0 spiro atoms. The third-order valence-electron chi connectivity index (χ3n) is 6.32. The standard InChI is InChI=1S/C30H22BrFI2N2O4S/c1-3-39-29(38)25-16(2)35-30-36(26(25)19-6-10-21(32)11-7-19)28(37)24(41-30)14-18-12-22(33)27(23(34)13-18)40-15-17-4-8-20(31)9-5-17/h4-14,26H,3,15H2,1-2H3/b24-14-/t26-/m0/s1. The highest BCUT2D eigenvalue weighted by Gasteiger charge is 2.33. The zero-order valence-electron chi connectivity index (χ0n) is 21.8. The van der Waals surface area contributed by atoms with Crippen molar-refractivity contribution in [3.05, 3.63) is 126 Å². The molecular weight excluding hydrogens is 837 g/mol. The molecule has 210 valence electrons. The number of hydrogen-bond donors (Lipinski definition) is 0. The summed E-state index contributed by atoms with van der Waals surface area (Å²) >= 11 is 9.16. The van der Waals surface area contributed by atoms with Crippen LogP contribution in [0.5, 0.6) is 5.75 Å². The van der Waals surface area contributed by atoms with Gasteiger partial charge >= 0.3 is 5.97 Å². The van der Waals surface area contributed by atoms with E-state index in [2.05, 4.69) is 66.1 Å². The molecule has 3 aromatic carbocycles. The molecule has 1 aromatic heterocycles. The highest BCUT2D eigenvalue weighted by molar-refractivity contribution is 14.1. The predicted molar refractivity (Wildman–Crippen MR) is 177 cm³/mol. The minimum absolute atomic E-state index is 0.177. The Morgan fingerprint density at radius 2 is 1.78 bits per heavy atom. The van der Waals surface area contributed by atoms with Crippen molar-refractivity contribution in [2.24, 2.45) is 4.99 Å². The first-order valence-corrected chi connectivity index (χ1v) is 16.2. The molecule has 0 N–H and O–H groups in total. The minimum Gasteiger partial charge on any atom is -0.487 e. The maximum Gasteiger partial charge on any atom is 0.338 e. The summed E-state index contributed by atoms with van der Waals surface area (Å²) in [7, 11) is 0. The number of hydrogen-bond acceptors (Lipinski definition) is 6. The second-order valence-electron chi connectivity index (χ2n) is 9.08. The molecule has 6 nitrogen and oxygen atoms in total. The summed E-state index contributed by atoms with van der Waals surface area (Å²) in [5.74, 6) is -0.188. The second kappa shape index (κ2) is 12.9. The number of esters is 1. The van der Waals surface area contributed by atoms with Crippen LogP contribution in [0.4, 0.5) is 4.39 Å². The van der Waals surface area contributed by atoms with Crippen molar-refractivity contribution in [1.29, 1.82) is 0 Å². The highest BCUT2D eigenvalue weighted by Crippen LogP contribution is 2.32. The highest BCUT2D eigenvalue weighted by atomic mass is 127. The van der Waals surface area contributed by atoms with E-state index < -0.39 is 17.8 Å². The molecule has 11 heteroatoms. The Hall–Kier alpha value is -2.36. The van der Waals surface area contributed by atoms with Gasteiger partial charge in [0, 0.05) is 4.47 Å². The number of thiazole rings is 1. The molecule has 0 amide bonds. The van der Waals surface area contributed by atoms with Crippen molar-refractivity contribution in [2.75, 3.05) is 6.61 Å². The zero-order chi connectivity index (χ0) is 29.3. The summed E-state index contributed by atoms with van der Waals surface area (Å²) in [6.07, 6.45) is 1.82. The molecule has 1 aliphatic heterocycles. The number of halogens is 4. The molecule has 0 aliphatic carbocycles. The quantitative estimate of drug-likeness (QED) is 0.158. The fourth-order valence-electron chi connectivity index (χ4n) is 4.44. The first-order valence-electron chi connectivity index (χ1n) is 12.5. The number of rotatable bonds is 7. The van der Waals surface area contributed by atoms with Crippen LogP contribution in [0.25, 0.3) is 6.08 Å². The average Bonchev–Trinajstić information content (AvgIpc) is 3.23. The van der Waals surface area contributed by atoms with E-state index >= 15 is 0 Å².